The fourth-order valence-electron chi connectivity index (χ4n) is 2.71. The van der Waals surface area contributed by atoms with E-state index in [1.54, 1.807) is 12.3 Å². The van der Waals surface area contributed by atoms with E-state index in [1.807, 2.05) is 41.2 Å². The molecule has 128 valence electrons. The zero-order valence-electron chi connectivity index (χ0n) is 13.7. The van der Waals surface area contributed by atoms with Crippen molar-refractivity contribution in [2.45, 2.75) is 6.54 Å². The smallest absolute Gasteiger partial charge is 0.271 e. The minimum absolute atomic E-state index is 0.0406. The summed E-state index contributed by atoms with van der Waals surface area (Å²) < 4.78 is 1.87. The molecule has 1 N–H and O–H groups in total. The maximum Gasteiger partial charge on any atom is 0.271 e. The van der Waals surface area contributed by atoms with Gasteiger partial charge in [-0.25, -0.2) is 4.98 Å². The van der Waals surface area contributed by atoms with Crippen LogP contribution < -0.4 is 0 Å². The van der Waals surface area contributed by atoms with Gasteiger partial charge in [-0.15, -0.1) is 0 Å². The lowest BCUT2D eigenvalue weighted by molar-refractivity contribution is -0.384. The largest absolute Gasteiger partial charge is 0.338 e. The number of nitro benzene ring substituents is 1. The lowest BCUT2D eigenvalue weighted by atomic mass is 10.2. The molecule has 0 atom stereocenters. The van der Waals surface area contributed by atoms with Gasteiger partial charge < -0.3 is 4.98 Å². The van der Waals surface area contributed by atoms with Crippen LogP contribution in [0.15, 0.2) is 60.9 Å². The third-order valence-corrected chi connectivity index (χ3v) is 3.97. The number of nitrogens with zero attached hydrogens (tertiary/aromatic N) is 4. The van der Waals surface area contributed by atoms with E-state index in [0.29, 0.717) is 23.4 Å². The van der Waals surface area contributed by atoms with Crippen molar-refractivity contribution < 1.29 is 4.92 Å². The van der Waals surface area contributed by atoms with Crippen LogP contribution in [0.3, 0.4) is 0 Å². The van der Waals surface area contributed by atoms with Crippen LogP contribution in [0.2, 0.25) is 0 Å². The van der Waals surface area contributed by atoms with Crippen LogP contribution in [0.1, 0.15) is 17.0 Å². The fraction of sp³-hybridized carbons (Fsp3) is 0.0526. The number of hydrogen-bond donors (Lipinski definition) is 1. The van der Waals surface area contributed by atoms with Crippen molar-refractivity contribution in [2.24, 2.45) is 0 Å². The summed E-state index contributed by atoms with van der Waals surface area (Å²) in [6.07, 6.45) is 7.47. The quantitative estimate of drug-likeness (QED) is 0.439. The Morgan fingerprint density at radius 2 is 2.00 bits per heavy atom. The molecule has 0 unspecified atom stereocenters. The fourth-order valence-corrected chi connectivity index (χ4v) is 2.71. The van der Waals surface area contributed by atoms with E-state index >= 15 is 0 Å². The van der Waals surface area contributed by atoms with Crippen LogP contribution in [-0.2, 0) is 6.54 Å². The van der Waals surface area contributed by atoms with Crippen molar-refractivity contribution in [1.29, 1.82) is 0 Å². The minimum Gasteiger partial charge on any atom is -0.338 e. The van der Waals surface area contributed by atoms with Gasteiger partial charge in [-0.1, -0.05) is 30.3 Å². The highest BCUT2D eigenvalue weighted by Gasteiger charge is 2.08. The Morgan fingerprint density at radius 3 is 2.81 bits per heavy atom. The second kappa shape index (κ2) is 6.64. The van der Waals surface area contributed by atoms with Crippen LogP contribution in [0, 0.1) is 10.1 Å². The Bertz CT molecular complexity index is 1100. The van der Waals surface area contributed by atoms with E-state index in [-0.39, 0.29) is 5.69 Å². The molecular formula is C19H15N5O2. The van der Waals surface area contributed by atoms with Crippen LogP contribution in [0.4, 0.5) is 5.69 Å². The Hall–Kier alpha value is -3.74. The summed E-state index contributed by atoms with van der Waals surface area (Å²) in [7, 11) is 0. The number of non-ortho nitro benzene ring substituents is 1. The average Bonchev–Trinajstić information content (AvgIpc) is 3.26. The first-order chi connectivity index (χ1) is 12.7. The lowest BCUT2D eigenvalue weighted by Gasteiger charge is -2.00. The second-order valence-corrected chi connectivity index (χ2v) is 5.87. The molecule has 4 rings (SSSR count). The molecule has 0 fully saturated rings. The van der Waals surface area contributed by atoms with Gasteiger partial charge in [0.15, 0.2) is 0 Å². The molecule has 0 amide bonds. The first-order valence-corrected chi connectivity index (χ1v) is 8.06. The normalized spacial score (nSPS) is 11.4. The van der Waals surface area contributed by atoms with Gasteiger partial charge in [0.2, 0.25) is 0 Å². The average molecular weight is 345 g/mol. The number of imidazole rings is 1. The number of fused-ring (bicyclic) bond motifs is 1. The van der Waals surface area contributed by atoms with E-state index in [9.17, 15) is 10.1 Å². The van der Waals surface area contributed by atoms with E-state index in [4.69, 9.17) is 0 Å². The van der Waals surface area contributed by atoms with Crippen molar-refractivity contribution >= 4 is 28.9 Å². The molecule has 0 bridgehead atoms. The van der Waals surface area contributed by atoms with Crippen molar-refractivity contribution in [3.8, 4) is 0 Å². The Labute approximate surface area is 148 Å². The van der Waals surface area contributed by atoms with Gasteiger partial charge in [-0.2, -0.15) is 5.10 Å². The number of rotatable bonds is 5. The molecule has 0 aliphatic rings. The number of nitro groups is 1. The molecule has 7 nitrogen and oxygen atoms in total. The molecule has 0 spiro atoms. The number of hydrogen-bond acceptors (Lipinski definition) is 4. The highest BCUT2D eigenvalue weighted by molar-refractivity contribution is 5.80. The van der Waals surface area contributed by atoms with Crippen molar-refractivity contribution in [1.82, 2.24) is 19.7 Å². The summed E-state index contributed by atoms with van der Waals surface area (Å²) in [4.78, 5) is 17.9. The highest BCUT2D eigenvalue weighted by atomic mass is 16.6. The first kappa shape index (κ1) is 15.8. The molecule has 4 aromatic rings. The molecule has 26 heavy (non-hydrogen) atoms. The number of aromatic nitrogens is 4. The van der Waals surface area contributed by atoms with Crippen LogP contribution in [-0.4, -0.2) is 24.7 Å². The summed E-state index contributed by atoms with van der Waals surface area (Å²) in [5.74, 6) is 0.635. The van der Waals surface area contributed by atoms with E-state index < -0.39 is 4.92 Å². The number of nitrogens with one attached hydrogen (secondary N) is 1. The first-order valence-electron chi connectivity index (χ1n) is 8.06. The number of aromatic amines is 1. The predicted molar refractivity (Wildman–Crippen MR) is 99.4 cm³/mol. The molecular weight excluding hydrogens is 330 g/mol. The minimum atomic E-state index is -0.420. The maximum atomic E-state index is 10.8. The third kappa shape index (κ3) is 3.36. The van der Waals surface area contributed by atoms with Crippen molar-refractivity contribution in [3.63, 3.8) is 0 Å². The Kier molecular flexibility index (Phi) is 4.03. The van der Waals surface area contributed by atoms with Gasteiger partial charge in [-0.3, -0.25) is 14.8 Å². The van der Waals surface area contributed by atoms with Crippen LogP contribution in [0.25, 0.3) is 23.2 Å². The molecule has 7 heteroatoms. The van der Waals surface area contributed by atoms with Crippen molar-refractivity contribution in [3.05, 3.63) is 88.0 Å². The summed E-state index contributed by atoms with van der Waals surface area (Å²) in [6, 6.07) is 14.7. The molecule has 0 saturated carbocycles. The Balaban J connectivity index is 1.51. The maximum absolute atomic E-state index is 10.8. The van der Waals surface area contributed by atoms with Gasteiger partial charge >= 0.3 is 0 Å². The molecule has 2 aromatic carbocycles. The van der Waals surface area contributed by atoms with Crippen molar-refractivity contribution in [2.75, 3.05) is 0 Å². The number of benzene rings is 2. The SMILES string of the molecule is O=[N+]([O-])c1ccc2nc(C=Cc3cnn(Cc4ccccc4)c3)[nH]c2c1. The standard InChI is InChI=1S/C19H15N5O2/c25-24(26)16-7-8-17-18(10-16)22-19(21-17)9-6-15-11-20-23(13-15)12-14-4-2-1-3-5-14/h1-11,13H,12H2,(H,21,22). The van der Waals surface area contributed by atoms with E-state index in [2.05, 4.69) is 27.2 Å². The molecule has 0 aliphatic heterocycles. The second-order valence-electron chi connectivity index (χ2n) is 5.87. The monoisotopic (exact) mass is 345 g/mol. The summed E-state index contributed by atoms with van der Waals surface area (Å²) in [6.45, 7) is 0.711. The van der Waals surface area contributed by atoms with Gasteiger partial charge in [-0.05, 0) is 23.8 Å². The molecule has 2 heterocycles. The van der Waals surface area contributed by atoms with Gasteiger partial charge in [0, 0.05) is 23.9 Å². The molecule has 2 aromatic heterocycles. The van der Waals surface area contributed by atoms with Gasteiger partial charge in [0.1, 0.15) is 5.82 Å². The molecule has 0 saturated heterocycles. The lowest BCUT2D eigenvalue weighted by Crippen LogP contribution is -1.99. The summed E-state index contributed by atoms with van der Waals surface area (Å²) in [5, 5.41) is 15.2. The molecule has 0 aliphatic carbocycles. The summed E-state index contributed by atoms with van der Waals surface area (Å²) in [5.41, 5.74) is 3.50. The predicted octanol–water partition coefficient (Wildman–Crippen LogP) is 3.89. The Morgan fingerprint density at radius 1 is 1.15 bits per heavy atom. The number of H-pyrrole nitrogens is 1. The third-order valence-electron chi connectivity index (χ3n) is 3.97. The van der Waals surface area contributed by atoms with Crippen LogP contribution >= 0.6 is 0 Å². The van der Waals surface area contributed by atoms with Gasteiger partial charge in [0.05, 0.1) is 28.7 Å². The van der Waals surface area contributed by atoms with Gasteiger partial charge in [0.25, 0.3) is 5.69 Å². The zero-order chi connectivity index (χ0) is 17.9. The van der Waals surface area contributed by atoms with Crippen LogP contribution in [0.5, 0.6) is 0 Å². The summed E-state index contributed by atoms with van der Waals surface area (Å²) >= 11 is 0. The zero-order valence-corrected chi connectivity index (χ0v) is 13.7. The molecule has 0 radical (unpaired) electrons. The topological polar surface area (TPSA) is 89.6 Å². The van der Waals surface area contributed by atoms with E-state index in [1.165, 1.54) is 17.7 Å². The van der Waals surface area contributed by atoms with E-state index in [0.717, 1.165) is 5.56 Å². The highest BCUT2D eigenvalue weighted by Crippen LogP contribution is 2.19.